The Balaban J connectivity index is 1.71. The van der Waals surface area contributed by atoms with Gasteiger partial charge in [0.05, 0.1) is 23.1 Å². The highest BCUT2D eigenvalue weighted by atomic mass is 16.1. The second kappa shape index (κ2) is 5.26. The van der Waals surface area contributed by atoms with Crippen molar-refractivity contribution in [1.82, 2.24) is 19.5 Å². The molecule has 4 rings (SSSR count). The van der Waals surface area contributed by atoms with E-state index in [9.17, 15) is 4.79 Å². The molecule has 1 aliphatic carbocycles. The monoisotopic (exact) mass is 306 g/mol. The second-order valence-corrected chi connectivity index (χ2v) is 6.23. The maximum Gasteiger partial charge on any atom is 0.141 e. The largest absolute Gasteiger partial charge is 0.330 e. The van der Waals surface area contributed by atoms with Gasteiger partial charge in [0.25, 0.3) is 0 Å². The molecule has 0 aliphatic heterocycles. The summed E-state index contributed by atoms with van der Waals surface area (Å²) in [7, 11) is 1.98. The molecule has 3 aromatic rings. The molecule has 0 unspecified atom stereocenters. The first kappa shape index (κ1) is 14.1. The molecule has 3 aromatic heterocycles. The van der Waals surface area contributed by atoms with Gasteiger partial charge in [0.15, 0.2) is 0 Å². The molecule has 0 saturated heterocycles. The second-order valence-electron chi connectivity index (χ2n) is 6.23. The predicted molar refractivity (Wildman–Crippen MR) is 87.9 cm³/mol. The maximum atomic E-state index is 12.0. The summed E-state index contributed by atoms with van der Waals surface area (Å²) in [4.78, 5) is 25.4. The number of hydrogen-bond donors (Lipinski definition) is 0. The normalized spacial score (nSPS) is 14.3. The molecule has 1 aliphatic rings. The lowest BCUT2D eigenvalue weighted by Gasteiger charge is -2.06. The first-order chi connectivity index (χ1) is 11.1. The van der Waals surface area contributed by atoms with Gasteiger partial charge in [-0.05, 0) is 38.0 Å². The number of carbonyl (C=O) groups is 1. The van der Waals surface area contributed by atoms with Gasteiger partial charge in [-0.15, -0.1) is 0 Å². The van der Waals surface area contributed by atoms with E-state index >= 15 is 0 Å². The molecule has 0 spiro atoms. The van der Waals surface area contributed by atoms with Crippen molar-refractivity contribution >= 4 is 16.7 Å². The smallest absolute Gasteiger partial charge is 0.141 e. The van der Waals surface area contributed by atoms with Crippen LogP contribution in [0, 0.1) is 12.8 Å². The van der Waals surface area contributed by atoms with Gasteiger partial charge in [-0.25, -0.2) is 9.97 Å². The Morgan fingerprint density at radius 1 is 1.26 bits per heavy atom. The van der Waals surface area contributed by atoms with E-state index in [1.165, 1.54) is 0 Å². The van der Waals surface area contributed by atoms with Crippen molar-refractivity contribution in [3.05, 3.63) is 42.1 Å². The molecule has 23 heavy (non-hydrogen) atoms. The van der Waals surface area contributed by atoms with Gasteiger partial charge in [0.2, 0.25) is 0 Å². The fourth-order valence-corrected chi connectivity index (χ4v) is 2.77. The van der Waals surface area contributed by atoms with Crippen LogP contribution in [0.3, 0.4) is 0 Å². The van der Waals surface area contributed by atoms with Crippen LogP contribution in [-0.2, 0) is 18.3 Å². The van der Waals surface area contributed by atoms with Crippen LogP contribution in [0.25, 0.3) is 22.3 Å². The fraction of sp³-hybridized carbons (Fsp3) is 0.333. The number of nitrogens with zero attached hydrogens (tertiary/aromatic N) is 4. The van der Waals surface area contributed by atoms with E-state index in [1.54, 1.807) is 6.20 Å². The lowest BCUT2D eigenvalue weighted by Crippen LogP contribution is -2.06. The highest BCUT2D eigenvalue weighted by Gasteiger charge is 2.29. The number of hydrogen-bond acceptors (Lipinski definition) is 4. The van der Waals surface area contributed by atoms with Gasteiger partial charge in [0.1, 0.15) is 11.6 Å². The lowest BCUT2D eigenvalue weighted by atomic mass is 10.1. The molecule has 3 heterocycles. The Labute approximate surface area is 134 Å². The van der Waals surface area contributed by atoms with E-state index < -0.39 is 0 Å². The number of imidazole rings is 1. The van der Waals surface area contributed by atoms with E-state index in [0.29, 0.717) is 12.2 Å². The molecule has 0 amide bonds. The summed E-state index contributed by atoms with van der Waals surface area (Å²) in [6, 6.07) is 5.93. The first-order valence-electron chi connectivity index (χ1n) is 7.89. The number of fused-ring (bicyclic) bond motifs is 1. The zero-order valence-corrected chi connectivity index (χ0v) is 13.3. The molecule has 0 atom stereocenters. The summed E-state index contributed by atoms with van der Waals surface area (Å²) in [6.07, 6.45) is 6.12. The number of aromatic nitrogens is 4. The summed E-state index contributed by atoms with van der Waals surface area (Å²) >= 11 is 0. The third-order valence-electron chi connectivity index (χ3n) is 4.50. The van der Waals surface area contributed by atoms with Crippen molar-refractivity contribution in [2.75, 3.05) is 0 Å². The number of rotatable bonds is 4. The van der Waals surface area contributed by atoms with Gasteiger partial charge < -0.3 is 4.57 Å². The molecular formula is C18H18N4O. The summed E-state index contributed by atoms with van der Waals surface area (Å²) in [5.41, 5.74) is 3.54. The summed E-state index contributed by atoms with van der Waals surface area (Å²) in [6.45, 7) is 1.97. The Morgan fingerprint density at radius 3 is 2.78 bits per heavy atom. The fourth-order valence-electron chi connectivity index (χ4n) is 2.77. The zero-order chi connectivity index (χ0) is 16.0. The van der Waals surface area contributed by atoms with Crippen LogP contribution in [0.5, 0.6) is 0 Å². The molecular weight excluding hydrogens is 288 g/mol. The van der Waals surface area contributed by atoms with Crippen molar-refractivity contribution in [2.45, 2.75) is 26.2 Å². The van der Waals surface area contributed by atoms with Crippen LogP contribution in [0.1, 0.15) is 24.4 Å². The molecule has 116 valence electrons. The first-order valence-corrected chi connectivity index (χ1v) is 7.89. The van der Waals surface area contributed by atoms with Crippen LogP contribution in [-0.4, -0.2) is 25.3 Å². The SMILES string of the molecule is Cc1ncc(-c2ccc3cnc(CC(=O)C4CC4)cc3n2)n1C. The van der Waals surface area contributed by atoms with Gasteiger partial charge >= 0.3 is 0 Å². The highest BCUT2D eigenvalue weighted by molar-refractivity contribution is 5.86. The number of Topliss-reactive ketones (excluding diaryl/α,β-unsaturated/α-hetero) is 1. The van der Waals surface area contributed by atoms with Crippen LogP contribution in [0.15, 0.2) is 30.6 Å². The van der Waals surface area contributed by atoms with E-state index in [2.05, 4.69) is 9.97 Å². The van der Waals surface area contributed by atoms with Gasteiger partial charge in [-0.3, -0.25) is 9.78 Å². The quantitative estimate of drug-likeness (QED) is 0.743. The molecule has 1 saturated carbocycles. The van der Waals surface area contributed by atoms with Crippen LogP contribution >= 0.6 is 0 Å². The van der Waals surface area contributed by atoms with E-state index in [-0.39, 0.29) is 5.92 Å². The van der Waals surface area contributed by atoms with Crippen molar-refractivity contribution in [1.29, 1.82) is 0 Å². The van der Waals surface area contributed by atoms with Gasteiger partial charge in [-0.2, -0.15) is 0 Å². The molecule has 0 radical (unpaired) electrons. The van der Waals surface area contributed by atoms with Crippen molar-refractivity contribution in [3.63, 3.8) is 0 Å². The third-order valence-corrected chi connectivity index (χ3v) is 4.50. The molecule has 1 fully saturated rings. The molecule has 5 nitrogen and oxygen atoms in total. The summed E-state index contributed by atoms with van der Waals surface area (Å²) in [5.74, 6) is 1.52. The van der Waals surface area contributed by atoms with Crippen molar-refractivity contribution in [2.24, 2.45) is 13.0 Å². The minimum absolute atomic E-state index is 0.268. The summed E-state index contributed by atoms with van der Waals surface area (Å²) in [5, 5.41) is 0.982. The summed E-state index contributed by atoms with van der Waals surface area (Å²) < 4.78 is 2.02. The van der Waals surface area contributed by atoms with Crippen LogP contribution < -0.4 is 0 Å². The predicted octanol–water partition coefficient (Wildman–Crippen LogP) is 2.86. The Kier molecular flexibility index (Phi) is 3.22. The number of aryl methyl sites for hydroxylation is 1. The molecule has 0 aromatic carbocycles. The number of ketones is 1. The zero-order valence-electron chi connectivity index (χ0n) is 13.3. The average molecular weight is 306 g/mol. The number of carbonyl (C=O) groups excluding carboxylic acids is 1. The van der Waals surface area contributed by atoms with E-state index in [0.717, 1.165) is 46.7 Å². The van der Waals surface area contributed by atoms with Gasteiger partial charge in [0, 0.05) is 36.7 Å². The van der Waals surface area contributed by atoms with Crippen molar-refractivity contribution in [3.8, 4) is 11.4 Å². The van der Waals surface area contributed by atoms with Crippen LogP contribution in [0.4, 0.5) is 0 Å². The maximum absolute atomic E-state index is 12.0. The van der Waals surface area contributed by atoms with E-state index in [1.807, 2.05) is 42.9 Å². The highest BCUT2D eigenvalue weighted by Crippen LogP contribution is 2.31. The average Bonchev–Trinajstić information content (AvgIpc) is 3.34. The van der Waals surface area contributed by atoms with Crippen molar-refractivity contribution < 1.29 is 4.79 Å². The van der Waals surface area contributed by atoms with E-state index in [4.69, 9.17) is 4.98 Å². The molecule has 0 N–H and O–H groups in total. The lowest BCUT2D eigenvalue weighted by molar-refractivity contribution is -0.119. The van der Waals surface area contributed by atoms with Gasteiger partial charge in [-0.1, -0.05) is 0 Å². The minimum Gasteiger partial charge on any atom is -0.330 e. The standard InChI is InChI=1S/C18H18N4O/c1-11-19-10-17(22(11)2)15-6-5-13-9-20-14(7-16(13)21-15)8-18(23)12-3-4-12/h5-7,9-10,12H,3-4,8H2,1-2H3. The molecule has 5 heteroatoms. The Bertz CT molecular complexity index is 909. The molecule has 0 bridgehead atoms. The number of pyridine rings is 2. The third kappa shape index (κ3) is 2.63. The Morgan fingerprint density at radius 2 is 2.09 bits per heavy atom. The minimum atomic E-state index is 0.268. The Hall–Kier alpha value is -2.56. The topological polar surface area (TPSA) is 60.7 Å². The van der Waals surface area contributed by atoms with Crippen LogP contribution in [0.2, 0.25) is 0 Å².